The third-order valence-electron chi connectivity index (χ3n) is 2.58. The van der Waals surface area contributed by atoms with E-state index in [-0.39, 0.29) is 11.6 Å². The van der Waals surface area contributed by atoms with Crippen LogP contribution in [-0.2, 0) is 4.79 Å². The smallest absolute Gasteiger partial charge is 0.173 e. The molecule has 0 heterocycles. The van der Waals surface area contributed by atoms with Gasteiger partial charge in [0.1, 0.15) is 5.78 Å². The number of benzene rings is 1. The highest BCUT2D eigenvalue weighted by Gasteiger charge is 2.31. The van der Waals surface area contributed by atoms with Crippen LogP contribution in [0.25, 0.3) is 0 Å². The molecule has 0 aliphatic rings. The summed E-state index contributed by atoms with van der Waals surface area (Å²) < 4.78 is 0. The number of carbonyl (C=O) groups is 2. The molecule has 0 aliphatic heterocycles. The van der Waals surface area contributed by atoms with Crippen LogP contribution in [0.15, 0.2) is 30.3 Å². The summed E-state index contributed by atoms with van der Waals surface area (Å²) in [5.74, 6) is -0.677. The molecular formula is C14H18O2. The lowest BCUT2D eigenvalue weighted by Gasteiger charge is -2.20. The summed E-state index contributed by atoms with van der Waals surface area (Å²) in [6.07, 6.45) is 0. The molecule has 0 N–H and O–H groups in total. The van der Waals surface area contributed by atoms with Gasteiger partial charge in [0.15, 0.2) is 5.78 Å². The second-order valence-corrected chi connectivity index (χ2v) is 5.07. The molecule has 0 fully saturated rings. The van der Waals surface area contributed by atoms with Crippen molar-refractivity contribution >= 4 is 11.6 Å². The Morgan fingerprint density at radius 3 is 2.00 bits per heavy atom. The van der Waals surface area contributed by atoms with Gasteiger partial charge in [-0.1, -0.05) is 51.1 Å². The summed E-state index contributed by atoms with van der Waals surface area (Å²) in [4.78, 5) is 24.0. The maximum Gasteiger partial charge on any atom is 0.173 e. The Morgan fingerprint density at radius 2 is 1.56 bits per heavy atom. The van der Waals surface area contributed by atoms with Gasteiger partial charge in [0.05, 0.1) is 5.92 Å². The van der Waals surface area contributed by atoms with E-state index < -0.39 is 11.3 Å². The SMILES string of the molecule is CC(C(=O)c1ccccc1)C(=O)C(C)(C)C. The molecule has 0 saturated carbocycles. The van der Waals surface area contributed by atoms with Gasteiger partial charge in [-0.2, -0.15) is 0 Å². The highest BCUT2D eigenvalue weighted by atomic mass is 16.2. The van der Waals surface area contributed by atoms with Gasteiger partial charge in [0, 0.05) is 11.0 Å². The Morgan fingerprint density at radius 1 is 1.06 bits per heavy atom. The van der Waals surface area contributed by atoms with Gasteiger partial charge in [-0.3, -0.25) is 9.59 Å². The standard InChI is InChI=1S/C14H18O2/c1-10(13(16)14(2,3)4)12(15)11-8-6-5-7-9-11/h5-10H,1-4H3. The molecule has 0 saturated heterocycles. The van der Waals surface area contributed by atoms with Crippen molar-refractivity contribution in [1.29, 1.82) is 0 Å². The maximum atomic E-state index is 12.0. The summed E-state index contributed by atoms with van der Waals surface area (Å²) in [5.41, 5.74) is 0.136. The Bertz CT molecular complexity index is 385. The molecule has 86 valence electrons. The number of Topliss-reactive ketones (excluding diaryl/α,β-unsaturated/α-hetero) is 2. The Balaban J connectivity index is 2.88. The molecular weight excluding hydrogens is 200 g/mol. The van der Waals surface area contributed by atoms with Crippen LogP contribution in [0.2, 0.25) is 0 Å². The zero-order valence-electron chi connectivity index (χ0n) is 10.3. The van der Waals surface area contributed by atoms with E-state index in [1.165, 1.54) is 0 Å². The van der Waals surface area contributed by atoms with E-state index in [4.69, 9.17) is 0 Å². The maximum absolute atomic E-state index is 12.0. The van der Waals surface area contributed by atoms with Crippen LogP contribution in [0, 0.1) is 11.3 Å². The molecule has 0 bridgehead atoms. The average molecular weight is 218 g/mol. The number of hydrogen-bond acceptors (Lipinski definition) is 2. The molecule has 2 heteroatoms. The van der Waals surface area contributed by atoms with Crippen molar-refractivity contribution in [2.24, 2.45) is 11.3 Å². The van der Waals surface area contributed by atoms with Crippen molar-refractivity contribution in [3.8, 4) is 0 Å². The molecule has 0 radical (unpaired) electrons. The third kappa shape index (κ3) is 2.78. The van der Waals surface area contributed by atoms with Crippen LogP contribution in [0.1, 0.15) is 38.1 Å². The number of hydrogen-bond donors (Lipinski definition) is 0. The lowest BCUT2D eigenvalue weighted by atomic mass is 9.81. The Labute approximate surface area is 96.7 Å². The lowest BCUT2D eigenvalue weighted by molar-refractivity contribution is -0.128. The van der Waals surface area contributed by atoms with Crippen LogP contribution in [0.3, 0.4) is 0 Å². The predicted molar refractivity (Wildman–Crippen MR) is 64.4 cm³/mol. The largest absolute Gasteiger partial charge is 0.298 e. The summed E-state index contributed by atoms with van der Waals surface area (Å²) in [7, 11) is 0. The van der Waals surface area contributed by atoms with Crippen LogP contribution in [-0.4, -0.2) is 11.6 Å². The van der Waals surface area contributed by atoms with Crippen molar-refractivity contribution in [1.82, 2.24) is 0 Å². The molecule has 0 aliphatic carbocycles. The second kappa shape index (κ2) is 4.60. The van der Waals surface area contributed by atoms with E-state index >= 15 is 0 Å². The second-order valence-electron chi connectivity index (χ2n) is 5.07. The normalized spacial score (nSPS) is 13.2. The minimum Gasteiger partial charge on any atom is -0.298 e. The first-order chi connectivity index (χ1) is 7.34. The van der Waals surface area contributed by atoms with Crippen LogP contribution < -0.4 is 0 Å². The van der Waals surface area contributed by atoms with E-state index in [0.717, 1.165) is 0 Å². The fraction of sp³-hybridized carbons (Fsp3) is 0.429. The zero-order chi connectivity index (χ0) is 12.3. The molecule has 0 aromatic heterocycles. The number of carbonyl (C=O) groups excluding carboxylic acids is 2. The van der Waals surface area contributed by atoms with Crippen molar-refractivity contribution in [2.75, 3.05) is 0 Å². The van der Waals surface area contributed by atoms with Crippen LogP contribution >= 0.6 is 0 Å². The van der Waals surface area contributed by atoms with Gasteiger partial charge in [0.2, 0.25) is 0 Å². The highest BCUT2D eigenvalue weighted by molar-refractivity contribution is 6.11. The molecule has 0 spiro atoms. The van der Waals surface area contributed by atoms with E-state index in [1.807, 2.05) is 39.0 Å². The molecule has 1 unspecified atom stereocenters. The first kappa shape index (κ1) is 12.6. The Hall–Kier alpha value is -1.44. The van der Waals surface area contributed by atoms with Gasteiger partial charge < -0.3 is 0 Å². The lowest BCUT2D eigenvalue weighted by Crippen LogP contribution is -2.31. The zero-order valence-corrected chi connectivity index (χ0v) is 10.3. The Kier molecular flexibility index (Phi) is 3.63. The fourth-order valence-electron chi connectivity index (χ4n) is 1.62. The van der Waals surface area contributed by atoms with E-state index in [0.29, 0.717) is 5.56 Å². The summed E-state index contributed by atoms with van der Waals surface area (Å²) in [6, 6.07) is 8.96. The molecule has 1 atom stereocenters. The van der Waals surface area contributed by atoms with Gasteiger partial charge in [-0.25, -0.2) is 0 Å². The van der Waals surface area contributed by atoms with Crippen molar-refractivity contribution in [3.05, 3.63) is 35.9 Å². The molecule has 2 nitrogen and oxygen atoms in total. The van der Waals surface area contributed by atoms with Crippen molar-refractivity contribution in [2.45, 2.75) is 27.7 Å². The monoisotopic (exact) mass is 218 g/mol. The first-order valence-corrected chi connectivity index (χ1v) is 5.47. The van der Waals surface area contributed by atoms with Gasteiger partial charge in [-0.15, -0.1) is 0 Å². The number of ketones is 2. The molecule has 1 rings (SSSR count). The molecule has 1 aromatic rings. The quantitative estimate of drug-likeness (QED) is 0.577. The minimum absolute atomic E-state index is 0.0126. The van der Waals surface area contributed by atoms with Crippen molar-refractivity contribution in [3.63, 3.8) is 0 Å². The van der Waals surface area contributed by atoms with Crippen LogP contribution in [0.4, 0.5) is 0 Å². The fourth-order valence-corrected chi connectivity index (χ4v) is 1.62. The average Bonchev–Trinajstić information content (AvgIpc) is 2.26. The topological polar surface area (TPSA) is 34.1 Å². The summed E-state index contributed by atoms with van der Waals surface area (Å²) in [6.45, 7) is 7.20. The highest BCUT2D eigenvalue weighted by Crippen LogP contribution is 2.22. The van der Waals surface area contributed by atoms with E-state index in [1.54, 1.807) is 19.1 Å². The van der Waals surface area contributed by atoms with Crippen LogP contribution in [0.5, 0.6) is 0 Å². The van der Waals surface area contributed by atoms with Gasteiger partial charge in [0.25, 0.3) is 0 Å². The van der Waals surface area contributed by atoms with Crippen molar-refractivity contribution < 1.29 is 9.59 Å². The van der Waals surface area contributed by atoms with E-state index in [2.05, 4.69) is 0 Å². The molecule has 1 aromatic carbocycles. The summed E-state index contributed by atoms with van der Waals surface area (Å²) >= 11 is 0. The number of rotatable bonds is 3. The first-order valence-electron chi connectivity index (χ1n) is 5.47. The molecule has 16 heavy (non-hydrogen) atoms. The van der Waals surface area contributed by atoms with E-state index in [9.17, 15) is 9.59 Å². The third-order valence-corrected chi connectivity index (χ3v) is 2.58. The predicted octanol–water partition coefficient (Wildman–Crippen LogP) is 3.12. The minimum atomic E-state index is -0.567. The van der Waals surface area contributed by atoms with Gasteiger partial charge >= 0.3 is 0 Å². The molecule has 0 amide bonds. The van der Waals surface area contributed by atoms with Gasteiger partial charge in [-0.05, 0) is 6.92 Å². The summed E-state index contributed by atoms with van der Waals surface area (Å²) in [5, 5.41) is 0.